The van der Waals surface area contributed by atoms with Crippen LogP contribution in [-0.4, -0.2) is 10.8 Å². The average Bonchev–Trinajstić information content (AvgIpc) is 2.65. The second-order valence-electron chi connectivity index (χ2n) is 6.48. The van der Waals surface area contributed by atoms with Gasteiger partial charge in [0.05, 0.1) is 0 Å². The molecule has 0 saturated carbocycles. The minimum absolute atomic E-state index is 0.0902. The maximum Gasteiger partial charge on any atom is 0.149 e. The van der Waals surface area contributed by atoms with Gasteiger partial charge in [-0.05, 0) is 36.1 Å². The van der Waals surface area contributed by atoms with Gasteiger partial charge in [0.15, 0.2) is 0 Å². The molecule has 0 radical (unpaired) electrons. The number of pyridine rings is 1. The van der Waals surface area contributed by atoms with Crippen molar-refractivity contribution < 1.29 is 9.18 Å². The summed E-state index contributed by atoms with van der Waals surface area (Å²) < 4.78 is 13.9. The monoisotopic (exact) mass is 345 g/mol. The summed E-state index contributed by atoms with van der Waals surface area (Å²) in [5.74, 6) is 2.13. The summed E-state index contributed by atoms with van der Waals surface area (Å²) >= 11 is 0. The maximum atomic E-state index is 13.9. The van der Waals surface area contributed by atoms with E-state index in [0.717, 1.165) is 22.1 Å². The maximum absolute atomic E-state index is 13.9. The third kappa shape index (κ3) is 3.81. The first-order chi connectivity index (χ1) is 12.6. The van der Waals surface area contributed by atoms with E-state index in [4.69, 9.17) is 6.42 Å². The Bertz CT molecular complexity index is 973. The van der Waals surface area contributed by atoms with Crippen molar-refractivity contribution in [1.29, 1.82) is 0 Å². The number of hydrogen-bond acceptors (Lipinski definition) is 2. The van der Waals surface area contributed by atoms with Crippen LogP contribution < -0.4 is 0 Å². The number of aromatic nitrogens is 1. The smallest absolute Gasteiger partial charge is 0.149 e. The number of hydrogen-bond donors (Lipinski definition) is 0. The van der Waals surface area contributed by atoms with E-state index in [1.165, 1.54) is 6.07 Å². The average molecular weight is 345 g/mol. The molecule has 0 aliphatic heterocycles. The Morgan fingerprint density at radius 2 is 1.96 bits per heavy atom. The fourth-order valence-corrected chi connectivity index (χ4v) is 3.21. The first kappa shape index (κ1) is 17.8. The standard InChI is InChI=1S/C23H20FNO/c1-3-8-18(13-17-9-5-4-6-10-17)22(26)14-19-15-25-23-20(16(19)2)11-7-12-21(23)24/h1,4-7,9-12,15,18H,8,13-14H2,2H3. The Kier molecular flexibility index (Phi) is 5.43. The van der Waals surface area contributed by atoms with Crippen LogP contribution in [0.3, 0.4) is 0 Å². The second kappa shape index (κ2) is 7.93. The zero-order valence-corrected chi connectivity index (χ0v) is 14.7. The van der Waals surface area contributed by atoms with Gasteiger partial charge in [0.25, 0.3) is 0 Å². The summed E-state index contributed by atoms with van der Waals surface area (Å²) in [5.41, 5.74) is 3.15. The molecule has 130 valence electrons. The number of benzene rings is 2. The highest BCUT2D eigenvalue weighted by molar-refractivity contribution is 5.88. The van der Waals surface area contributed by atoms with Crippen LogP contribution in [0.25, 0.3) is 10.9 Å². The Balaban J connectivity index is 1.84. The lowest BCUT2D eigenvalue weighted by atomic mass is 9.88. The van der Waals surface area contributed by atoms with Gasteiger partial charge in [-0.15, -0.1) is 12.3 Å². The van der Waals surface area contributed by atoms with E-state index >= 15 is 0 Å². The molecule has 0 amide bonds. The van der Waals surface area contributed by atoms with Crippen LogP contribution in [0.2, 0.25) is 0 Å². The third-order valence-electron chi connectivity index (χ3n) is 4.73. The van der Waals surface area contributed by atoms with E-state index < -0.39 is 0 Å². The largest absolute Gasteiger partial charge is 0.299 e. The zero-order valence-electron chi connectivity index (χ0n) is 14.7. The van der Waals surface area contributed by atoms with Gasteiger partial charge in [-0.3, -0.25) is 9.78 Å². The van der Waals surface area contributed by atoms with Gasteiger partial charge in [-0.2, -0.15) is 0 Å². The van der Waals surface area contributed by atoms with Gasteiger partial charge in [-0.1, -0.05) is 42.5 Å². The molecule has 0 aliphatic rings. The van der Waals surface area contributed by atoms with E-state index in [9.17, 15) is 9.18 Å². The van der Waals surface area contributed by atoms with Gasteiger partial charge < -0.3 is 0 Å². The van der Waals surface area contributed by atoms with Crippen LogP contribution in [0.1, 0.15) is 23.1 Å². The van der Waals surface area contributed by atoms with Gasteiger partial charge >= 0.3 is 0 Å². The first-order valence-electron chi connectivity index (χ1n) is 8.63. The predicted octanol–water partition coefficient (Wildman–Crippen LogP) is 4.68. The van der Waals surface area contributed by atoms with Gasteiger partial charge in [0.1, 0.15) is 17.1 Å². The van der Waals surface area contributed by atoms with E-state index in [1.54, 1.807) is 12.3 Å². The van der Waals surface area contributed by atoms with Crippen molar-refractivity contribution in [3.05, 3.63) is 77.2 Å². The molecular weight excluding hydrogens is 325 g/mol. The number of halogens is 1. The van der Waals surface area contributed by atoms with Gasteiger partial charge in [0, 0.05) is 30.3 Å². The fourth-order valence-electron chi connectivity index (χ4n) is 3.21. The summed E-state index contributed by atoms with van der Waals surface area (Å²) in [4.78, 5) is 17.1. The molecule has 1 heterocycles. The van der Waals surface area contributed by atoms with E-state index in [0.29, 0.717) is 18.4 Å². The molecule has 0 fully saturated rings. The number of fused-ring (bicyclic) bond motifs is 1. The molecule has 0 spiro atoms. The number of rotatable bonds is 6. The minimum atomic E-state index is -0.349. The number of carbonyl (C=O) groups excluding carboxylic acids is 1. The van der Waals surface area contributed by atoms with Crippen LogP contribution in [0.15, 0.2) is 54.7 Å². The van der Waals surface area contributed by atoms with E-state index in [1.807, 2.05) is 43.3 Å². The zero-order chi connectivity index (χ0) is 18.5. The lowest BCUT2D eigenvalue weighted by molar-refractivity contribution is -0.122. The van der Waals surface area contributed by atoms with Crippen molar-refractivity contribution in [2.24, 2.45) is 5.92 Å². The predicted molar refractivity (Wildman–Crippen MR) is 102 cm³/mol. The highest BCUT2D eigenvalue weighted by atomic mass is 19.1. The van der Waals surface area contributed by atoms with Crippen LogP contribution in [0.4, 0.5) is 4.39 Å². The molecule has 2 nitrogen and oxygen atoms in total. The molecule has 3 heteroatoms. The van der Waals surface area contributed by atoms with Crippen molar-refractivity contribution in [2.45, 2.75) is 26.2 Å². The van der Waals surface area contributed by atoms with Crippen LogP contribution in [-0.2, 0) is 17.6 Å². The lowest BCUT2D eigenvalue weighted by Gasteiger charge is -2.15. The van der Waals surface area contributed by atoms with Crippen LogP contribution in [0.5, 0.6) is 0 Å². The highest BCUT2D eigenvalue weighted by Gasteiger charge is 2.20. The lowest BCUT2D eigenvalue weighted by Crippen LogP contribution is -2.19. The summed E-state index contributed by atoms with van der Waals surface area (Å²) in [7, 11) is 0. The Labute approximate surface area is 153 Å². The minimum Gasteiger partial charge on any atom is -0.299 e. The van der Waals surface area contributed by atoms with Gasteiger partial charge in [-0.25, -0.2) is 4.39 Å². The van der Waals surface area contributed by atoms with Crippen molar-refractivity contribution in [1.82, 2.24) is 4.98 Å². The highest BCUT2D eigenvalue weighted by Crippen LogP contribution is 2.24. The molecule has 1 atom stereocenters. The number of ketones is 1. The summed E-state index contributed by atoms with van der Waals surface area (Å²) in [6, 6.07) is 14.8. The molecule has 1 aromatic heterocycles. The number of para-hydroxylation sites is 1. The summed E-state index contributed by atoms with van der Waals surface area (Å²) in [6.45, 7) is 1.90. The second-order valence-corrected chi connectivity index (χ2v) is 6.48. The summed E-state index contributed by atoms with van der Waals surface area (Å²) in [6.07, 6.45) is 8.37. The fraction of sp³-hybridized carbons (Fsp3) is 0.217. The number of nitrogens with zero attached hydrogens (tertiary/aromatic N) is 1. The third-order valence-corrected chi connectivity index (χ3v) is 4.73. The van der Waals surface area contributed by atoms with Crippen molar-refractivity contribution >= 4 is 16.7 Å². The van der Waals surface area contributed by atoms with Crippen molar-refractivity contribution in [2.75, 3.05) is 0 Å². The molecule has 3 rings (SSSR count). The quantitative estimate of drug-likeness (QED) is 0.607. The van der Waals surface area contributed by atoms with Crippen molar-refractivity contribution in [3.63, 3.8) is 0 Å². The molecule has 0 aliphatic carbocycles. The first-order valence-corrected chi connectivity index (χ1v) is 8.63. The van der Waals surface area contributed by atoms with Crippen LogP contribution in [0, 0.1) is 31.0 Å². The SMILES string of the molecule is C#CCC(Cc1ccccc1)C(=O)Cc1cnc2c(F)cccc2c1C. The Morgan fingerprint density at radius 1 is 1.19 bits per heavy atom. The number of Topliss-reactive ketones (excluding diaryl/α,β-unsaturated/α-hetero) is 1. The molecule has 0 N–H and O–H groups in total. The number of aryl methyl sites for hydroxylation is 1. The van der Waals surface area contributed by atoms with Crippen LogP contribution >= 0.6 is 0 Å². The molecule has 1 unspecified atom stereocenters. The Hall–Kier alpha value is -2.99. The molecule has 0 saturated heterocycles. The number of terminal acetylenes is 1. The molecule has 2 aromatic carbocycles. The van der Waals surface area contributed by atoms with E-state index in [-0.39, 0.29) is 23.9 Å². The molecule has 26 heavy (non-hydrogen) atoms. The Morgan fingerprint density at radius 3 is 2.69 bits per heavy atom. The number of carbonyl (C=O) groups is 1. The van der Waals surface area contributed by atoms with Crippen molar-refractivity contribution in [3.8, 4) is 12.3 Å². The van der Waals surface area contributed by atoms with E-state index in [2.05, 4.69) is 10.9 Å². The normalized spacial score (nSPS) is 11.9. The van der Waals surface area contributed by atoms with Gasteiger partial charge in [0.2, 0.25) is 0 Å². The molecular formula is C23H20FNO. The summed E-state index contributed by atoms with van der Waals surface area (Å²) in [5, 5.41) is 0.742. The molecule has 3 aromatic rings. The molecule has 0 bridgehead atoms. The topological polar surface area (TPSA) is 30.0 Å².